The van der Waals surface area contributed by atoms with Gasteiger partial charge in [0.1, 0.15) is 18.4 Å². The summed E-state index contributed by atoms with van der Waals surface area (Å²) in [5.74, 6) is -0.994. The minimum absolute atomic E-state index is 0.00104. The summed E-state index contributed by atoms with van der Waals surface area (Å²) in [5, 5.41) is 9.34. The van der Waals surface area contributed by atoms with Crippen LogP contribution in [0.15, 0.2) is 36.4 Å². The lowest BCUT2D eigenvalue weighted by atomic mass is 10.1. The number of hydrogen-bond acceptors (Lipinski definition) is 6. The number of halogens is 3. The van der Waals surface area contributed by atoms with Crippen LogP contribution in [0.4, 0.5) is 18.9 Å². The van der Waals surface area contributed by atoms with Crippen molar-refractivity contribution in [3.05, 3.63) is 47.5 Å². The van der Waals surface area contributed by atoms with Crippen LogP contribution >= 0.6 is 0 Å². The maximum atomic E-state index is 13.2. The minimum Gasteiger partial charge on any atom is -0.489 e. The first-order chi connectivity index (χ1) is 17.4. The Morgan fingerprint density at radius 2 is 1.81 bits per heavy atom. The van der Waals surface area contributed by atoms with Gasteiger partial charge in [0.05, 0.1) is 12.1 Å². The zero-order valence-corrected chi connectivity index (χ0v) is 20.7. The number of carboxylic acid groups (broad SMARTS) is 1. The van der Waals surface area contributed by atoms with Gasteiger partial charge in [-0.2, -0.15) is 0 Å². The quantitative estimate of drug-likeness (QED) is 0.550. The molecule has 0 aliphatic carbocycles. The third kappa shape index (κ3) is 6.10. The Labute approximate surface area is 212 Å². The number of ether oxygens (including phenoxy) is 3. The smallest absolute Gasteiger partial charge is 0.489 e. The number of likely N-dealkylation sites (N-methyl/N-ethyl adjacent to an activating group) is 1. The molecule has 1 amide bonds. The third-order valence-electron chi connectivity index (χ3n) is 6.48. The molecule has 1 fully saturated rings. The molecule has 1 saturated heterocycles. The summed E-state index contributed by atoms with van der Waals surface area (Å²) in [6, 6.07) is 8.39. The third-order valence-corrected chi connectivity index (χ3v) is 6.48. The fourth-order valence-corrected chi connectivity index (χ4v) is 4.78. The van der Waals surface area contributed by atoms with Crippen LogP contribution in [-0.4, -0.2) is 60.0 Å². The SMILES string of the molecule is CC(C)Oc1ccc(COc2ccc3c(c2)CCN3C(=O)[C@@H]2CC[C@@H](C(=O)O)N2C)cc1OC(F)(F)F. The number of anilines is 1. The molecule has 0 saturated carbocycles. The number of carbonyl (C=O) groups is 2. The van der Waals surface area contributed by atoms with Gasteiger partial charge in [-0.1, -0.05) is 6.07 Å². The topological polar surface area (TPSA) is 88.5 Å². The van der Waals surface area contributed by atoms with E-state index in [1.807, 2.05) is 6.07 Å². The van der Waals surface area contributed by atoms with Crippen molar-refractivity contribution in [2.45, 2.75) is 64.3 Å². The molecule has 2 aromatic rings. The average Bonchev–Trinajstić information content (AvgIpc) is 3.40. The number of amides is 1. The van der Waals surface area contributed by atoms with Gasteiger partial charge in [0, 0.05) is 12.2 Å². The van der Waals surface area contributed by atoms with Crippen molar-refractivity contribution in [3.63, 3.8) is 0 Å². The lowest BCUT2D eigenvalue weighted by molar-refractivity contribution is -0.275. The largest absolute Gasteiger partial charge is 0.573 e. The van der Waals surface area contributed by atoms with E-state index in [9.17, 15) is 27.9 Å². The van der Waals surface area contributed by atoms with Crippen LogP contribution in [0.2, 0.25) is 0 Å². The number of fused-ring (bicyclic) bond motifs is 1. The van der Waals surface area contributed by atoms with Crippen molar-refractivity contribution in [2.75, 3.05) is 18.5 Å². The predicted octanol–water partition coefficient (Wildman–Crippen LogP) is 4.39. The second-order valence-corrected chi connectivity index (χ2v) is 9.43. The maximum Gasteiger partial charge on any atom is 0.573 e. The lowest BCUT2D eigenvalue weighted by Gasteiger charge is -2.27. The Kier molecular flexibility index (Phi) is 7.54. The molecular formula is C26H29F3N2O6. The molecule has 8 nitrogen and oxygen atoms in total. The summed E-state index contributed by atoms with van der Waals surface area (Å²) in [4.78, 5) is 27.9. The number of rotatable bonds is 8. The van der Waals surface area contributed by atoms with Gasteiger partial charge in [-0.15, -0.1) is 13.2 Å². The number of likely N-dealkylation sites (tertiary alicyclic amines) is 1. The second kappa shape index (κ2) is 10.5. The standard InChI is InChI=1S/C26H29F3N2O6/c1-15(2)36-22-9-4-16(12-23(22)37-26(27,28)29)14-35-18-5-6-19-17(13-18)10-11-31(19)24(32)20-7-8-21(25(33)34)30(20)3/h4-6,9,12-13,15,20-21H,7-8,10-11,14H2,1-3H3,(H,33,34)/t20-,21-/m0/s1. The number of alkyl halides is 3. The minimum atomic E-state index is -4.86. The van der Waals surface area contributed by atoms with E-state index in [-0.39, 0.29) is 24.4 Å². The van der Waals surface area contributed by atoms with Crippen molar-refractivity contribution in [3.8, 4) is 17.2 Å². The highest BCUT2D eigenvalue weighted by molar-refractivity contribution is 5.99. The van der Waals surface area contributed by atoms with E-state index >= 15 is 0 Å². The summed E-state index contributed by atoms with van der Waals surface area (Å²) < 4.78 is 54.0. The van der Waals surface area contributed by atoms with Gasteiger partial charge in [-0.3, -0.25) is 14.5 Å². The van der Waals surface area contributed by atoms with Crippen LogP contribution in [0, 0.1) is 0 Å². The molecule has 2 atom stereocenters. The molecule has 0 bridgehead atoms. The molecule has 200 valence electrons. The molecule has 0 unspecified atom stereocenters. The number of carboxylic acids is 1. The maximum absolute atomic E-state index is 13.2. The Hall–Kier alpha value is -3.47. The first kappa shape index (κ1) is 26.6. The van der Waals surface area contributed by atoms with E-state index in [1.165, 1.54) is 12.1 Å². The lowest BCUT2D eigenvalue weighted by Crippen LogP contribution is -2.47. The molecule has 2 aliphatic rings. The fourth-order valence-electron chi connectivity index (χ4n) is 4.78. The Morgan fingerprint density at radius 1 is 1.08 bits per heavy atom. The second-order valence-electron chi connectivity index (χ2n) is 9.43. The molecule has 4 rings (SSSR count). The number of hydrogen-bond donors (Lipinski definition) is 1. The van der Waals surface area contributed by atoms with E-state index < -0.39 is 30.2 Å². The highest BCUT2D eigenvalue weighted by atomic mass is 19.4. The van der Waals surface area contributed by atoms with Crippen molar-refractivity contribution in [1.29, 1.82) is 0 Å². The van der Waals surface area contributed by atoms with E-state index in [1.54, 1.807) is 48.9 Å². The normalized spacial score (nSPS) is 19.7. The number of benzene rings is 2. The van der Waals surface area contributed by atoms with E-state index in [0.717, 1.165) is 11.3 Å². The first-order valence-corrected chi connectivity index (χ1v) is 12.0. The van der Waals surface area contributed by atoms with Gasteiger partial charge in [-0.25, -0.2) is 0 Å². The molecule has 0 spiro atoms. The number of carbonyl (C=O) groups excluding carboxylic acids is 1. The van der Waals surface area contributed by atoms with Crippen LogP contribution in [-0.2, 0) is 22.6 Å². The first-order valence-electron chi connectivity index (χ1n) is 12.0. The molecule has 0 radical (unpaired) electrons. The van der Waals surface area contributed by atoms with Crippen LogP contribution in [0.1, 0.15) is 37.8 Å². The summed E-state index contributed by atoms with van der Waals surface area (Å²) in [7, 11) is 1.66. The van der Waals surface area contributed by atoms with Crippen LogP contribution in [0.5, 0.6) is 17.2 Å². The van der Waals surface area contributed by atoms with Crippen molar-refractivity contribution in [2.24, 2.45) is 0 Å². The zero-order chi connectivity index (χ0) is 26.9. The summed E-state index contributed by atoms with van der Waals surface area (Å²) in [6.07, 6.45) is -3.67. The number of aliphatic carboxylic acids is 1. The molecule has 1 N–H and O–H groups in total. The Morgan fingerprint density at radius 3 is 2.46 bits per heavy atom. The molecule has 37 heavy (non-hydrogen) atoms. The molecule has 0 aromatic heterocycles. The van der Waals surface area contributed by atoms with Crippen molar-refractivity contribution in [1.82, 2.24) is 4.90 Å². The van der Waals surface area contributed by atoms with Crippen LogP contribution in [0.3, 0.4) is 0 Å². The highest BCUT2D eigenvalue weighted by Gasteiger charge is 2.42. The van der Waals surface area contributed by atoms with E-state index in [4.69, 9.17) is 9.47 Å². The van der Waals surface area contributed by atoms with Gasteiger partial charge in [0.15, 0.2) is 11.5 Å². The monoisotopic (exact) mass is 522 g/mol. The van der Waals surface area contributed by atoms with Gasteiger partial charge in [-0.05, 0) is 81.6 Å². The van der Waals surface area contributed by atoms with E-state index in [0.29, 0.717) is 37.1 Å². The predicted molar refractivity (Wildman–Crippen MR) is 128 cm³/mol. The van der Waals surface area contributed by atoms with E-state index in [2.05, 4.69) is 4.74 Å². The van der Waals surface area contributed by atoms with Crippen molar-refractivity contribution < 1.29 is 42.1 Å². The van der Waals surface area contributed by atoms with Gasteiger partial charge in [0.25, 0.3) is 0 Å². The fraction of sp³-hybridized carbons (Fsp3) is 0.462. The average molecular weight is 523 g/mol. The molecular weight excluding hydrogens is 493 g/mol. The summed E-state index contributed by atoms with van der Waals surface area (Å²) >= 11 is 0. The van der Waals surface area contributed by atoms with Crippen molar-refractivity contribution >= 4 is 17.6 Å². The molecule has 2 aliphatic heterocycles. The summed E-state index contributed by atoms with van der Waals surface area (Å²) in [6.45, 7) is 3.89. The van der Waals surface area contributed by atoms with Gasteiger partial charge in [0.2, 0.25) is 5.91 Å². The van der Waals surface area contributed by atoms with Crippen LogP contribution < -0.4 is 19.1 Å². The number of nitrogens with zero attached hydrogens (tertiary/aromatic N) is 2. The molecule has 11 heteroatoms. The Balaban J connectivity index is 1.43. The van der Waals surface area contributed by atoms with Gasteiger partial charge >= 0.3 is 12.3 Å². The summed E-state index contributed by atoms with van der Waals surface area (Å²) in [5.41, 5.74) is 2.12. The zero-order valence-electron chi connectivity index (χ0n) is 20.7. The highest BCUT2D eigenvalue weighted by Crippen LogP contribution is 2.36. The van der Waals surface area contributed by atoms with Crippen LogP contribution in [0.25, 0.3) is 0 Å². The molecule has 2 aromatic carbocycles. The molecule has 2 heterocycles. The van der Waals surface area contributed by atoms with Gasteiger partial charge < -0.3 is 24.2 Å². The Bertz CT molecular complexity index is 1170.